The summed E-state index contributed by atoms with van der Waals surface area (Å²) >= 11 is 0. The predicted molar refractivity (Wildman–Crippen MR) is 127 cm³/mol. The number of aryl methyl sites for hydroxylation is 1. The minimum atomic E-state index is -0.357. The van der Waals surface area contributed by atoms with Gasteiger partial charge < -0.3 is 14.6 Å². The summed E-state index contributed by atoms with van der Waals surface area (Å²) in [5.41, 5.74) is 4.50. The zero-order chi connectivity index (χ0) is 23.1. The molecule has 6 heteroatoms. The summed E-state index contributed by atoms with van der Waals surface area (Å²) in [4.78, 5) is 15.0. The average Bonchev–Trinajstić information content (AvgIpc) is 3.03. The van der Waals surface area contributed by atoms with Crippen molar-refractivity contribution in [2.45, 2.75) is 46.9 Å². The van der Waals surface area contributed by atoms with Gasteiger partial charge in [-0.05, 0) is 43.0 Å². The molecule has 6 nitrogen and oxygen atoms in total. The predicted octanol–water partition coefficient (Wildman–Crippen LogP) is 3.69. The van der Waals surface area contributed by atoms with Gasteiger partial charge in [0.1, 0.15) is 11.6 Å². The highest BCUT2D eigenvalue weighted by molar-refractivity contribution is 6.01. The summed E-state index contributed by atoms with van der Waals surface area (Å²) in [7, 11) is 0. The van der Waals surface area contributed by atoms with Gasteiger partial charge in [0, 0.05) is 44.1 Å². The summed E-state index contributed by atoms with van der Waals surface area (Å²) in [6.45, 7) is 12.9. The Labute approximate surface area is 191 Å². The van der Waals surface area contributed by atoms with Crippen LogP contribution in [0.4, 0.5) is 0 Å². The van der Waals surface area contributed by atoms with Crippen LogP contribution in [0.5, 0.6) is 0 Å². The zero-order valence-corrected chi connectivity index (χ0v) is 19.6. The number of carbonyl (C=O) groups is 1. The number of hydrogen-bond donors (Lipinski definition) is 1. The van der Waals surface area contributed by atoms with Crippen LogP contribution in [0.3, 0.4) is 0 Å². The fourth-order valence-electron chi connectivity index (χ4n) is 4.11. The smallest absolute Gasteiger partial charge is 0.262 e. The number of aromatic nitrogens is 1. The molecule has 0 saturated carbocycles. The van der Waals surface area contributed by atoms with E-state index in [0.717, 1.165) is 43.1 Å². The molecule has 1 aromatic carbocycles. The number of nitrogens with one attached hydrogen (secondary N) is 1. The first-order valence-electron chi connectivity index (χ1n) is 11.3. The Morgan fingerprint density at radius 3 is 2.75 bits per heavy atom. The van der Waals surface area contributed by atoms with E-state index in [4.69, 9.17) is 4.74 Å². The van der Waals surface area contributed by atoms with E-state index in [0.29, 0.717) is 19.1 Å². The van der Waals surface area contributed by atoms with Crippen LogP contribution in [0.15, 0.2) is 42.0 Å². The number of carbonyl (C=O) groups excluding carboxylic acids is 1. The topological polar surface area (TPSA) is 70.3 Å². The Morgan fingerprint density at radius 2 is 2.06 bits per heavy atom. The molecular weight excluding hydrogens is 400 g/mol. The highest BCUT2D eigenvalue weighted by Gasteiger charge is 2.22. The highest BCUT2D eigenvalue weighted by Crippen LogP contribution is 2.20. The summed E-state index contributed by atoms with van der Waals surface area (Å²) in [5.74, 6) is 0.164. The minimum Gasteiger partial charge on any atom is -0.374 e. The molecule has 0 spiro atoms. The third-order valence-electron chi connectivity index (χ3n) is 5.79. The number of ether oxygens (including phenoxy) is 1. The summed E-state index contributed by atoms with van der Waals surface area (Å²) in [5, 5.41) is 12.5. The number of rotatable bonds is 8. The van der Waals surface area contributed by atoms with Crippen molar-refractivity contribution in [2.75, 3.05) is 26.2 Å². The van der Waals surface area contributed by atoms with E-state index < -0.39 is 0 Å². The van der Waals surface area contributed by atoms with Crippen molar-refractivity contribution in [2.24, 2.45) is 5.92 Å². The quantitative estimate of drug-likeness (QED) is 0.508. The maximum absolute atomic E-state index is 12.7. The Kier molecular flexibility index (Phi) is 8.26. The normalized spacial score (nSPS) is 17.4. The van der Waals surface area contributed by atoms with E-state index in [1.165, 1.54) is 5.56 Å². The van der Waals surface area contributed by atoms with Crippen molar-refractivity contribution >= 4 is 12.0 Å². The second-order valence-corrected chi connectivity index (χ2v) is 8.92. The van der Waals surface area contributed by atoms with E-state index in [-0.39, 0.29) is 17.6 Å². The van der Waals surface area contributed by atoms with Crippen LogP contribution in [0, 0.1) is 31.1 Å². The molecule has 1 fully saturated rings. The molecule has 2 aromatic rings. The first kappa shape index (κ1) is 23.8. The van der Waals surface area contributed by atoms with Crippen LogP contribution < -0.4 is 5.32 Å². The molecule has 1 atom stereocenters. The Bertz CT molecular complexity index is 985. The molecule has 0 bridgehead atoms. The molecule has 1 aliphatic rings. The molecule has 1 N–H and O–H groups in total. The van der Waals surface area contributed by atoms with Gasteiger partial charge in [-0.25, -0.2) is 0 Å². The lowest BCUT2D eigenvalue weighted by atomic mass is 10.1. The molecule has 0 aliphatic carbocycles. The van der Waals surface area contributed by atoms with Crippen LogP contribution >= 0.6 is 0 Å². The molecule has 1 saturated heterocycles. The molecule has 170 valence electrons. The van der Waals surface area contributed by atoms with Crippen molar-refractivity contribution in [3.63, 3.8) is 0 Å². The standard InChI is InChI=1S/C26H34N4O2/c1-19(2)16-30-20(3)12-23(21(30)4)13-24(14-27)26(31)28-15-25-18-29(10-11-32-25)17-22-8-6-5-7-9-22/h5-9,12-13,19,25H,10-11,15-18H2,1-4H3,(H,28,31)/b24-13+. The second kappa shape index (κ2) is 11.1. The summed E-state index contributed by atoms with van der Waals surface area (Å²) in [6.07, 6.45) is 1.60. The zero-order valence-electron chi connectivity index (χ0n) is 19.6. The minimum absolute atomic E-state index is 0.0903. The maximum atomic E-state index is 12.7. The summed E-state index contributed by atoms with van der Waals surface area (Å²) in [6, 6.07) is 14.4. The largest absolute Gasteiger partial charge is 0.374 e. The van der Waals surface area contributed by atoms with Crippen LogP contribution in [-0.2, 0) is 22.6 Å². The molecule has 0 radical (unpaired) electrons. The van der Waals surface area contributed by atoms with E-state index in [2.05, 4.69) is 53.8 Å². The van der Waals surface area contributed by atoms with Gasteiger partial charge in [0.15, 0.2) is 0 Å². The van der Waals surface area contributed by atoms with Crippen LogP contribution in [0.1, 0.15) is 36.4 Å². The van der Waals surface area contributed by atoms with Gasteiger partial charge in [-0.3, -0.25) is 9.69 Å². The van der Waals surface area contributed by atoms with E-state index in [1.807, 2.05) is 31.2 Å². The Hall–Kier alpha value is -2.88. The third kappa shape index (κ3) is 6.32. The van der Waals surface area contributed by atoms with E-state index in [1.54, 1.807) is 6.08 Å². The van der Waals surface area contributed by atoms with E-state index in [9.17, 15) is 10.1 Å². The van der Waals surface area contributed by atoms with Gasteiger partial charge in [-0.15, -0.1) is 0 Å². The highest BCUT2D eigenvalue weighted by atomic mass is 16.5. The fourth-order valence-corrected chi connectivity index (χ4v) is 4.11. The molecule has 1 aromatic heterocycles. The fraction of sp³-hybridized carbons (Fsp3) is 0.462. The lowest BCUT2D eigenvalue weighted by Gasteiger charge is -2.33. The Morgan fingerprint density at radius 1 is 1.31 bits per heavy atom. The number of nitrogens with zero attached hydrogens (tertiary/aromatic N) is 3. The van der Waals surface area contributed by atoms with Crippen LogP contribution in [-0.4, -0.2) is 47.7 Å². The van der Waals surface area contributed by atoms with Gasteiger partial charge in [0.2, 0.25) is 0 Å². The molecule has 3 rings (SSSR count). The van der Waals surface area contributed by atoms with Crippen molar-refractivity contribution in [1.29, 1.82) is 5.26 Å². The molecule has 1 aliphatic heterocycles. The van der Waals surface area contributed by atoms with Crippen molar-refractivity contribution < 1.29 is 9.53 Å². The van der Waals surface area contributed by atoms with Gasteiger partial charge in [-0.2, -0.15) is 5.26 Å². The van der Waals surface area contributed by atoms with Crippen LogP contribution in [0.25, 0.3) is 6.08 Å². The number of benzene rings is 1. The van der Waals surface area contributed by atoms with Gasteiger partial charge in [0.25, 0.3) is 5.91 Å². The van der Waals surface area contributed by atoms with Crippen LogP contribution in [0.2, 0.25) is 0 Å². The molecular formula is C26H34N4O2. The lowest BCUT2D eigenvalue weighted by molar-refractivity contribution is -0.118. The van der Waals surface area contributed by atoms with E-state index >= 15 is 0 Å². The second-order valence-electron chi connectivity index (χ2n) is 8.92. The molecule has 1 unspecified atom stereocenters. The first-order valence-corrected chi connectivity index (χ1v) is 11.3. The number of amides is 1. The maximum Gasteiger partial charge on any atom is 0.262 e. The van der Waals surface area contributed by atoms with Crippen molar-refractivity contribution in [1.82, 2.24) is 14.8 Å². The average molecular weight is 435 g/mol. The van der Waals surface area contributed by atoms with Gasteiger partial charge in [0.05, 0.1) is 12.7 Å². The summed E-state index contributed by atoms with van der Waals surface area (Å²) < 4.78 is 8.08. The van der Waals surface area contributed by atoms with Gasteiger partial charge in [-0.1, -0.05) is 44.2 Å². The molecule has 32 heavy (non-hydrogen) atoms. The molecule has 1 amide bonds. The number of nitriles is 1. The monoisotopic (exact) mass is 434 g/mol. The first-order chi connectivity index (χ1) is 15.4. The van der Waals surface area contributed by atoms with Crippen molar-refractivity contribution in [3.8, 4) is 6.07 Å². The number of morpholine rings is 1. The lowest BCUT2D eigenvalue weighted by Crippen LogP contribution is -2.47. The van der Waals surface area contributed by atoms with Crippen molar-refractivity contribution in [3.05, 3.63) is 64.5 Å². The SMILES string of the molecule is Cc1cc(/C=C(\C#N)C(=O)NCC2CN(Cc3ccccc3)CCO2)c(C)n1CC(C)C. The molecule has 2 heterocycles. The van der Waals surface area contributed by atoms with Gasteiger partial charge >= 0.3 is 0 Å². The Balaban J connectivity index is 1.59. The number of hydrogen-bond acceptors (Lipinski definition) is 4. The third-order valence-corrected chi connectivity index (χ3v) is 5.79.